The van der Waals surface area contributed by atoms with Crippen LogP contribution in [0.25, 0.3) is 0 Å². The lowest BCUT2D eigenvalue weighted by molar-refractivity contribution is -0.241. The normalized spacial score (nSPS) is 32.1. The predicted molar refractivity (Wildman–Crippen MR) is 96.5 cm³/mol. The molecular weight excluding hydrogens is 307 g/mol. The van der Waals surface area contributed by atoms with Crippen LogP contribution in [-0.2, 0) is 14.2 Å². The third-order valence-electron chi connectivity index (χ3n) is 5.36. The van der Waals surface area contributed by atoms with Gasteiger partial charge >= 0.3 is 0 Å². The van der Waals surface area contributed by atoms with Crippen LogP contribution < -0.4 is 5.30 Å². The van der Waals surface area contributed by atoms with Crippen LogP contribution in [0.15, 0.2) is 30.3 Å². The lowest BCUT2D eigenvalue weighted by Gasteiger charge is -2.37. The van der Waals surface area contributed by atoms with Crippen molar-refractivity contribution >= 4 is 12.6 Å². The molecular formula is C19H29O3P+. The molecule has 2 fully saturated rings. The number of ether oxygens (including phenoxy) is 3. The highest BCUT2D eigenvalue weighted by Crippen LogP contribution is 2.64. The SMILES string of the molecule is [CH2][P+](C)(c1ccccc1)C1CCCC1[C@H]1OCC[C@@H](COC)O1. The van der Waals surface area contributed by atoms with Gasteiger partial charge in [0.2, 0.25) is 0 Å². The van der Waals surface area contributed by atoms with Crippen LogP contribution in [0.3, 0.4) is 0 Å². The van der Waals surface area contributed by atoms with E-state index in [2.05, 4.69) is 37.0 Å². The summed E-state index contributed by atoms with van der Waals surface area (Å²) >= 11 is 0. The molecule has 1 aliphatic carbocycles. The van der Waals surface area contributed by atoms with Crippen molar-refractivity contribution in [1.82, 2.24) is 0 Å². The molecule has 1 aromatic rings. The molecule has 0 aromatic heterocycles. The highest BCUT2D eigenvalue weighted by Gasteiger charge is 2.50. The number of benzene rings is 1. The second kappa shape index (κ2) is 7.61. The maximum Gasteiger partial charge on any atom is 0.164 e. The first kappa shape index (κ1) is 17.4. The fourth-order valence-corrected chi connectivity index (χ4v) is 7.22. The molecule has 2 aliphatic rings. The molecule has 1 saturated heterocycles. The molecule has 0 amide bonds. The highest BCUT2D eigenvalue weighted by atomic mass is 31.2. The molecule has 1 heterocycles. The Labute approximate surface area is 141 Å². The van der Waals surface area contributed by atoms with E-state index in [1.807, 2.05) is 0 Å². The Balaban J connectivity index is 1.75. The number of hydrogen-bond donors (Lipinski definition) is 0. The van der Waals surface area contributed by atoms with E-state index in [0.717, 1.165) is 13.0 Å². The fraction of sp³-hybridized carbons (Fsp3) is 0.632. The van der Waals surface area contributed by atoms with Crippen LogP contribution in [0.4, 0.5) is 0 Å². The third kappa shape index (κ3) is 3.79. The van der Waals surface area contributed by atoms with E-state index in [9.17, 15) is 0 Å². The molecule has 1 aromatic carbocycles. The Morgan fingerprint density at radius 2 is 2.00 bits per heavy atom. The lowest BCUT2D eigenvalue weighted by atomic mass is 10.1. The molecule has 0 N–H and O–H groups in total. The molecule has 0 spiro atoms. The summed E-state index contributed by atoms with van der Waals surface area (Å²) in [4.78, 5) is 0. The van der Waals surface area contributed by atoms with Crippen molar-refractivity contribution in [2.45, 2.75) is 43.7 Å². The third-order valence-corrected chi connectivity index (χ3v) is 8.94. The first-order valence-corrected chi connectivity index (χ1v) is 11.1. The first-order chi connectivity index (χ1) is 11.1. The predicted octanol–water partition coefficient (Wildman–Crippen LogP) is 3.70. The van der Waals surface area contributed by atoms with E-state index in [-0.39, 0.29) is 12.4 Å². The fourth-order valence-electron chi connectivity index (χ4n) is 4.10. The maximum atomic E-state index is 6.21. The van der Waals surface area contributed by atoms with Crippen LogP contribution in [0.1, 0.15) is 25.7 Å². The molecule has 1 radical (unpaired) electrons. The average molecular weight is 336 g/mol. The zero-order chi connectivity index (χ0) is 16.3. The van der Waals surface area contributed by atoms with Crippen molar-refractivity contribution in [3.05, 3.63) is 37.0 Å². The highest BCUT2D eigenvalue weighted by molar-refractivity contribution is 7.84. The Kier molecular flexibility index (Phi) is 5.74. The molecule has 0 bridgehead atoms. The van der Waals surface area contributed by atoms with E-state index >= 15 is 0 Å². The van der Waals surface area contributed by atoms with E-state index in [0.29, 0.717) is 18.2 Å². The Morgan fingerprint density at radius 1 is 1.22 bits per heavy atom. The van der Waals surface area contributed by atoms with Gasteiger partial charge in [0.1, 0.15) is 0 Å². The average Bonchev–Trinajstić information content (AvgIpc) is 3.07. The number of methoxy groups -OCH3 is 1. The Hall–Kier alpha value is -0.470. The van der Waals surface area contributed by atoms with E-state index in [1.54, 1.807) is 7.11 Å². The van der Waals surface area contributed by atoms with Crippen molar-refractivity contribution in [3.8, 4) is 0 Å². The number of hydrogen-bond acceptors (Lipinski definition) is 3. The van der Waals surface area contributed by atoms with Crippen molar-refractivity contribution in [2.24, 2.45) is 5.92 Å². The van der Waals surface area contributed by atoms with E-state index < -0.39 is 7.26 Å². The summed E-state index contributed by atoms with van der Waals surface area (Å²) in [6.45, 7) is 8.51. The van der Waals surface area contributed by atoms with Gasteiger partial charge in [-0.1, -0.05) is 18.2 Å². The van der Waals surface area contributed by atoms with Gasteiger partial charge < -0.3 is 14.2 Å². The summed E-state index contributed by atoms with van der Waals surface area (Å²) < 4.78 is 17.5. The van der Waals surface area contributed by atoms with Gasteiger partial charge in [0.05, 0.1) is 50.9 Å². The molecule has 1 aliphatic heterocycles. The molecule has 127 valence electrons. The molecule has 23 heavy (non-hydrogen) atoms. The zero-order valence-corrected chi connectivity index (χ0v) is 15.2. The van der Waals surface area contributed by atoms with E-state index in [1.165, 1.54) is 24.6 Å². The van der Waals surface area contributed by atoms with Gasteiger partial charge in [-0.25, -0.2) is 0 Å². The van der Waals surface area contributed by atoms with Crippen molar-refractivity contribution in [3.63, 3.8) is 0 Å². The minimum Gasteiger partial charge on any atom is -0.382 e. The van der Waals surface area contributed by atoms with Gasteiger partial charge in [0, 0.05) is 13.0 Å². The minimum absolute atomic E-state index is 0.0822. The summed E-state index contributed by atoms with van der Waals surface area (Å²) in [5.74, 6) is 0.464. The number of rotatable bonds is 5. The minimum atomic E-state index is -1.44. The summed E-state index contributed by atoms with van der Waals surface area (Å²) in [5, 5.41) is 1.42. The molecule has 4 heteroatoms. The second-order valence-corrected chi connectivity index (χ2v) is 10.7. The summed E-state index contributed by atoms with van der Waals surface area (Å²) in [6, 6.07) is 10.8. The quantitative estimate of drug-likeness (QED) is 0.768. The van der Waals surface area contributed by atoms with E-state index in [4.69, 9.17) is 20.9 Å². The van der Waals surface area contributed by atoms with Crippen LogP contribution in [-0.4, -0.2) is 45.0 Å². The standard InChI is InChI=1S/C19H29O3P/c1-20-14-15-12-13-21-19(22-15)17-10-7-11-18(17)23(2,3)16-8-5-4-6-9-16/h4-6,8-9,15,17-19H,2,7,10-14H2,1,3H3/q+1/t15-,17?,18?,19-,23?/m0/s1. The Bertz CT molecular complexity index is 489. The Morgan fingerprint density at radius 3 is 2.74 bits per heavy atom. The van der Waals surface area contributed by atoms with Crippen molar-refractivity contribution < 1.29 is 14.2 Å². The molecule has 3 rings (SSSR count). The summed E-state index contributed by atoms with van der Waals surface area (Å²) in [6.07, 6.45) is 4.70. The zero-order valence-electron chi connectivity index (χ0n) is 14.3. The largest absolute Gasteiger partial charge is 0.382 e. The van der Waals surface area contributed by atoms with Gasteiger partial charge in [0.25, 0.3) is 0 Å². The van der Waals surface area contributed by atoms with Gasteiger partial charge in [0.15, 0.2) is 6.29 Å². The lowest BCUT2D eigenvalue weighted by Crippen LogP contribution is -2.42. The monoisotopic (exact) mass is 336 g/mol. The smallest absolute Gasteiger partial charge is 0.164 e. The summed E-state index contributed by atoms with van der Waals surface area (Å²) in [5.41, 5.74) is 0.594. The van der Waals surface area contributed by atoms with Gasteiger partial charge in [-0.2, -0.15) is 0 Å². The van der Waals surface area contributed by atoms with Crippen LogP contribution in [0, 0.1) is 12.6 Å². The van der Waals surface area contributed by atoms with Crippen molar-refractivity contribution in [1.29, 1.82) is 0 Å². The topological polar surface area (TPSA) is 27.7 Å². The summed E-state index contributed by atoms with van der Waals surface area (Å²) in [7, 11) is 0.295. The maximum absolute atomic E-state index is 6.21. The van der Waals surface area contributed by atoms with Crippen molar-refractivity contribution in [2.75, 3.05) is 27.0 Å². The first-order valence-electron chi connectivity index (χ1n) is 8.65. The molecule has 3 nitrogen and oxygen atoms in total. The van der Waals surface area contributed by atoms with Crippen LogP contribution in [0.2, 0.25) is 0 Å². The molecule has 3 unspecified atom stereocenters. The van der Waals surface area contributed by atoms with Crippen LogP contribution in [0.5, 0.6) is 0 Å². The molecule has 5 atom stereocenters. The van der Waals surface area contributed by atoms with Crippen LogP contribution >= 0.6 is 7.26 Å². The van der Waals surface area contributed by atoms with Gasteiger partial charge in [-0.15, -0.1) is 0 Å². The van der Waals surface area contributed by atoms with Gasteiger partial charge in [-0.05, 0) is 37.8 Å². The molecule has 1 saturated carbocycles. The van der Waals surface area contributed by atoms with Gasteiger partial charge in [-0.3, -0.25) is 0 Å². The second-order valence-electron chi connectivity index (χ2n) is 7.01.